The fourth-order valence-corrected chi connectivity index (χ4v) is 2.09. The molecule has 0 bridgehead atoms. The number of hydrogen-bond donors (Lipinski definition) is 0. The van der Waals surface area contributed by atoms with E-state index in [1.165, 1.54) is 4.90 Å². The van der Waals surface area contributed by atoms with Crippen molar-refractivity contribution in [3.63, 3.8) is 0 Å². The predicted molar refractivity (Wildman–Crippen MR) is 51.6 cm³/mol. The maximum absolute atomic E-state index is 8.59. The molecule has 1 saturated heterocycles. The lowest BCUT2D eigenvalue weighted by molar-refractivity contribution is 0.0455. The summed E-state index contributed by atoms with van der Waals surface area (Å²) in [6, 6.07) is 9.77. The molecule has 1 aliphatic heterocycles. The Balaban J connectivity index is 2.01. The van der Waals surface area contributed by atoms with Gasteiger partial charge in [0.15, 0.2) is 0 Å². The van der Waals surface area contributed by atoms with Crippen LogP contribution in [0.5, 0.6) is 0 Å². The lowest BCUT2D eigenvalue weighted by Gasteiger charge is -2.25. The van der Waals surface area contributed by atoms with Gasteiger partial charge < -0.3 is 4.74 Å². The lowest BCUT2D eigenvalue weighted by atomic mass is 10.2. The summed E-state index contributed by atoms with van der Waals surface area (Å²) in [5.41, 5.74) is 0.717. The van der Waals surface area contributed by atoms with Crippen molar-refractivity contribution < 1.29 is 4.74 Å². The first kappa shape index (κ1) is 8.61. The summed E-state index contributed by atoms with van der Waals surface area (Å²) in [7, 11) is 0. The van der Waals surface area contributed by atoms with Crippen LogP contribution in [0.4, 0.5) is 0 Å². The van der Waals surface area contributed by atoms with Gasteiger partial charge in [-0.15, -0.1) is 11.8 Å². The molecule has 0 aromatic heterocycles. The minimum absolute atomic E-state index is 0.605. The Morgan fingerprint density at radius 2 is 2.00 bits per heavy atom. The molecule has 2 nitrogen and oxygen atoms in total. The molecule has 1 heterocycles. The Bertz CT molecular complexity index is 324. The summed E-state index contributed by atoms with van der Waals surface area (Å²) >= 11 is 1.82. The summed E-state index contributed by atoms with van der Waals surface area (Å²) in [5, 5.41) is 9.20. The van der Waals surface area contributed by atoms with E-state index in [1.54, 1.807) is 0 Å². The highest BCUT2D eigenvalue weighted by Crippen LogP contribution is 2.27. The van der Waals surface area contributed by atoms with Gasteiger partial charge in [-0.2, -0.15) is 5.26 Å². The van der Waals surface area contributed by atoms with Gasteiger partial charge in [0, 0.05) is 4.90 Å². The van der Waals surface area contributed by atoms with Gasteiger partial charge in [0.05, 0.1) is 30.1 Å². The highest BCUT2D eigenvalue weighted by molar-refractivity contribution is 8.00. The van der Waals surface area contributed by atoms with Crippen LogP contribution in [0.1, 0.15) is 5.56 Å². The molecule has 0 unspecified atom stereocenters. The minimum Gasteiger partial charge on any atom is -0.379 e. The third-order valence-electron chi connectivity index (χ3n) is 1.89. The van der Waals surface area contributed by atoms with Gasteiger partial charge in [-0.25, -0.2) is 0 Å². The van der Waals surface area contributed by atoms with E-state index in [0.717, 1.165) is 13.2 Å². The fraction of sp³-hybridized carbons (Fsp3) is 0.300. The molecule has 0 radical (unpaired) electrons. The molecule has 0 amide bonds. The molecule has 1 aromatic carbocycles. The standard InChI is InChI=1S/C10H9NOS/c11-5-8-1-3-9(4-2-8)13-10-6-12-7-10/h1-4,10H,6-7H2. The summed E-state index contributed by atoms with van der Waals surface area (Å²) in [6.07, 6.45) is 0. The number of ether oxygens (including phenoxy) is 1. The highest BCUT2D eigenvalue weighted by Gasteiger charge is 2.19. The molecule has 0 aliphatic carbocycles. The number of nitriles is 1. The summed E-state index contributed by atoms with van der Waals surface area (Å²) < 4.78 is 5.08. The maximum atomic E-state index is 8.59. The van der Waals surface area contributed by atoms with Crippen LogP contribution in [0, 0.1) is 11.3 Å². The Morgan fingerprint density at radius 3 is 2.46 bits per heavy atom. The summed E-state index contributed by atoms with van der Waals surface area (Å²) in [6.45, 7) is 1.70. The van der Waals surface area contributed by atoms with Crippen molar-refractivity contribution in [1.29, 1.82) is 5.26 Å². The van der Waals surface area contributed by atoms with Crippen LogP contribution >= 0.6 is 11.8 Å². The normalized spacial score (nSPS) is 16.2. The topological polar surface area (TPSA) is 33.0 Å². The molecule has 1 aromatic rings. The average Bonchev–Trinajstić information content (AvgIpc) is 2.12. The van der Waals surface area contributed by atoms with E-state index >= 15 is 0 Å². The van der Waals surface area contributed by atoms with Crippen molar-refractivity contribution in [1.82, 2.24) is 0 Å². The van der Waals surface area contributed by atoms with Crippen LogP contribution in [0.15, 0.2) is 29.2 Å². The second-order valence-corrected chi connectivity index (χ2v) is 4.29. The van der Waals surface area contributed by atoms with E-state index in [-0.39, 0.29) is 0 Å². The van der Waals surface area contributed by atoms with Gasteiger partial charge in [-0.3, -0.25) is 0 Å². The van der Waals surface area contributed by atoms with Crippen molar-refractivity contribution in [3.05, 3.63) is 29.8 Å². The molecule has 0 N–H and O–H groups in total. The fourth-order valence-electron chi connectivity index (χ4n) is 1.08. The second kappa shape index (κ2) is 3.82. The van der Waals surface area contributed by atoms with Gasteiger partial charge in [-0.05, 0) is 24.3 Å². The lowest BCUT2D eigenvalue weighted by Crippen LogP contribution is -2.29. The van der Waals surface area contributed by atoms with E-state index in [9.17, 15) is 0 Å². The molecule has 1 aliphatic rings. The van der Waals surface area contributed by atoms with Crippen LogP contribution in [0.2, 0.25) is 0 Å². The van der Waals surface area contributed by atoms with Crippen molar-refractivity contribution in [2.24, 2.45) is 0 Å². The van der Waals surface area contributed by atoms with Crippen molar-refractivity contribution in [2.45, 2.75) is 10.1 Å². The number of benzene rings is 1. The summed E-state index contributed by atoms with van der Waals surface area (Å²) in [4.78, 5) is 1.22. The SMILES string of the molecule is N#Cc1ccc(SC2COC2)cc1. The number of nitrogens with zero attached hydrogens (tertiary/aromatic N) is 1. The minimum atomic E-state index is 0.605. The zero-order valence-electron chi connectivity index (χ0n) is 7.06. The predicted octanol–water partition coefficient (Wildman–Crippen LogP) is 2.05. The Kier molecular flexibility index (Phi) is 2.53. The molecular formula is C10H9NOS. The van der Waals surface area contributed by atoms with Crippen LogP contribution < -0.4 is 0 Å². The molecular weight excluding hydrogens is 182 g/mol. The smallest absolute Gasteiger partial charge is 0.0991 e. The average molecular weight is 191 g/mol. The quantitative estimate of drug-likeness (QED) is 0.717. The number of rotatable bonds is 2. The summed E-state index contributed by atoms with van der Waals surface area (Å²) in [5.74, 6) is 0. The van der Waals surface area contributed by atoms with Crippen molar-refractivity contribution in [2.75, 3.05) is 13.2 Å². The zero-order chi connectivity index (χ0) is 9.10. The van der Waals surface area contributed by atoms with E-state index in [4.69, 9.17) is 10.00 Å². The number of thioether (sulfide) groups is 1. The van der Waals surface area contributed by atoms with Gasteiger partial charge in [0.2, 0.25) is 0 Å². The molecule has 0 spiro atoms. The third kappa shape index (κ3) is 2.03. The largest absolute Gasteiger partial charge is 0.379 e. The van der Waals surface area contributed by atoms with Crippen LogP contribution in [-0.4, -0.2) is 18.5 Å². The van der Waals surface area contributed by atoms with Crippen molar-refractivity contribution in [3.8, 4) is 6.07 Å². The van der Waals surface area contributed by atoms with Crippen molar-refractivity contribution >= 4 is 11.8 Å². The van der Waals surface area contributed by atoms with Crippen LogP contribution in [0.3, 0.4) is 0 Å². The molecule has 13 heavy (non-hydrogen) atoms. The second-order valence-electron chi connectivity index (χ2n) is 2.91. The first-order valence-electron chi connectivity index (χ1n) is 4.13. The molecule has 2 rings (SSSR count). The molecule has 0 saturated carbocycles. The van der Waals surface area contributed by atoms with E-state index in [0.29, 0.717) is 10.8 Å². The van der Waals surface area contributed by atoms with E-state index < -0.39 is 0 Å². The molecule has 0 atom stereocenters. The van der Waals surface area contributed by atoms with E-state index in [2.05, 4.69) is 6.07 Å². The highest BCUT2D eigenvalue weighted by atomic mass is 32.2. The Hall–Kier alpha value is -0.980. The molecule has 66 valence electrons. The first-order chi connectivity index (χ1) is 6.38. The van der Waals surface area contributed by atoms with Gasteiger partial charge >= 0.3 is 0 Å². The monoisotopic (exact) mass is 191 g/mol. The van der Waals surface area contributed by atoms with Gasteiger partial charge in [-0.1, -0.05) is 0 Å². The molecule has 3 heteroatoms. The maximum Gasteiger partial charge on any atom is 0.0991 e. The Morgan fingerprint density at radius 1 is 1.31 bits per heavy atom. The Labute approximate surface area is 81.5 Å². The third-order valence-corrected chi connectivity index (χ3v) is 3.04. The van der Waals surface area contributed by atoms with Crippen LogP contribution in [0.25, 0.3) is 0 Å². The van der Waals surface area contributed by atoms with Crippen LogP contribution in [-0.2, 0) is 4.74 Å². The molecule has 1 fully saturated rings. The first-order valence-corrected chi connectivity index (χ1v) is 5.01. The van der Waals surface area contributed by atoms with Gasteiger partial charge in [0.25, 0.3) is 0 Å². The van der Waals surface area contributed by atoms with Gasteiger partial charge in [0.1, 0.15) is 0 Å². The number of hydrogen-bond acceptors (Lipinski definition) is 3. The zero-order valence-corrected chi connectivity index (χ0v) is 7.88. The van der Waals surface area contributed by atoms with E-state index in [1.807, 2.05) is 36.0 Å².